The molecule has 6 aromatic rings. The highest BCUT2D eigenvalue weighted by Gasteiger charge is 2.37. The molecular formula is C68H89N13O16. The number of aromatic nitrogens is 3. The third-order valence-electron chi connectivity index (χ3n) is 16.9. The Labute approximate surface area is 559 Å². The number of carboxylic acid groups (broad SMARTS) is 3. The molecule has 0 aliphatic rings. The number of H-pyrrole nitrogens is 3. The number of hydrogen-bond acceptors (Lipinski definition) is 13. The maximum Gasteiger partial charge on any atom is 0.326 e. The Morgan fingerprint density at radius 1 is 0.443 bits per heavy atom. The molecule has 3 heterocycles. The number of hydrogen-bond donors (Lipinski definition) is 16. The summed E-state index contributed by atoms with van der Waals surface area (Å²) in [6, 6.07) is 7.96. The Bertz CT molecular complexity index is 3770. The fraction of sp³-hybridized carbons (Fsp3) is 0.456. The summed E-state index contributed by atoms with van der Waals surface area (Å²) in [7, 11) is 0. The van der Waals surface area contributed by atoms with Crippen LogP contribution in [0.3, 0.4) is 0 Å². The summed E-state index contributed by atoms with van der Waals surface area (Å²) < 4.78 is 0. The van der Waals surface area contributed by atoms with Crippen molar-refractivity contribution in [1.82, 2.24) is 68.1 Å². The van der Waals surface area contributed by atoms with Gasteiger partial charge in [0.2, 0.25) is 59.6 Å². The highest BCUT2D eigenvalue weighted by atomic mass is 16.4. The zero-order valence-corrected chi connectivity index (χ0v) is 55.1. The number of benzene rings is 3. The van der Waals surface area contributed by atoms with Crippen LogP contribution in [-0.2, 0) is 81.6 Å². The first-order chi connectivity index (χ1) is 46.4. The Morgan fingerprint density at radius 3 is 1.25 bits per heavy atom. The lowest BCUT2D eigenvalue weighted by atomic mass is 9.98. The van der Waals surface area contributed by atoms with Crippen LogP contribution in [0.4, 0.5) is 0 Å². The number of para-hydroxylation sites is 3. The van der Waals surface area contributed by atoms with Crippen LogP contribution in [0.15, 0.2) is 91.4 Å². The fourth-order valence-electron chi connectivity index (χ4n) is 11.2. The van der Waals surface area contributed by atoms with E-state index in [1.807, 2.05) is 19.9 Å². The minimum absolute atomic E-state index is 0.0850. The number of carbonyl (C=O) groups excluding carboxylic acids is 10. The molecule has 29 heteroatoms. The van der Waals surface area contributed by atoms with Gasteiger partial charge in [0.25, 0.3) is 0 Å². The topological polar surface area (TPSA) is 450 Å². The van der Waals surface area contributed by atoms with Crippen molar-refractivity contribution in [2.45, 2.75) is 179 Å². The van der Waals surface area contributed by atoms with Gasteiger partial charge in [0, 0.05) is 77.0 Å². The van der Waals surface area contributed by atoms with E-state index < -0.39 is 163 Å². The van der Waals surface area contributed by atoms with Crippen molar-refractivity contribution in [3.05, 3.63) is 108 Å². The molecule has 0 bridgehead atoms. The fourth-order valence-corrected chi connectivity index (χ4v) is 11.2. The van der Waals surface area contributed by atoms with Gasteiger partial charge < -0.3 is 83.4 Å². The smallest absolute Gasteiger partial charge is 0.326 e. The molecule has 10 atom stereocenters. The van der Waals surface area contributed by atoms with Gasteiger partial charge in [-0.1, -0.05) is 128 Å². The van der Waals surface area contributed by atoms with Crippen LogP contribution in [0.25, 0.3) is 32.7 Å². The van der Waals surface area contributed by atoms with Crippen LogP contribution in [0, 0.1) is 11.8 Å². The minimum Gasteiger partial charge on any atom is -0.481 e. The lowest BCUT2D eigenvalue weighted by Gasteiger charge is -2.28. The van der Waals surface area contributed by atoms with E-state index in [0.717, 1.165) is 10.9 Å². The highest BCUT2D eigenvalue weighted by Crippen LogP contribution is 2.23. The second kappa shape index (κ2) is 36.9. The van der Waals surface area contributed by atoms with Crippen molar-refractivity contribution < 1.29 is 77.6 Å². The Morgan fingerprint density at radius 2 is 0.825 bits per heavy atom. The van der Waals surface area contributed by atoms with Gasteiger partial charge in [0.15, 0.2) is 0 Å². The number of nitrogens with one attached hydrogen (secondary N) is 13. The van der Waals surface area contributed by atoms with Crippen LogP contribution in [-0.4, -0.2) is 169 Å². The van der Waals surface area contributed by atoms with E-state index in [4.69, 9.17) is 0 Å². The van der Waals surface area contributed by atoms with E-state index in [-0.39, 0.29) is 32.1 Å². The van der Waals surface area contributed by atoms with Crippen molar-refractivity contribution >= 4 is 110 Å². The Kier molecular flexibility index (Phi) is 28.7. The standard InChI is InChI=1S/C68H89N13O16/c1-7-10-21-48(73-36-82)60(88)75-49(22-11-8-2)61(89)77-52(29-40-33-70-46-24-16-13-19-43(40)46)63(91)76-50(26-27-56(84)85)62(90)79-54(31-57(86)87)64(92)78-53(30-41-34-71-47-25-17-14-20-44(41)47)66(94)80-58(37(4)5)67(95)72-35-55(83)74-51(65(93)81-59(68(96)97)38(6)9-3)28-39-32-69-45-23-15-12-18-42(39)45/h12-20,23-25,32-34,36-38,48-54,58-59,69-71H,7-11,21-22,26-31,35H2,1-6H3,(H,72,95)(H,73,82)(H,74,83)(H,75,88)(H,76,91)(H,77,89)(H,78,92)(H,79,90)(H,80,94)(H,81,93)(H,84,85)(H,86,87)(H,96,97)/t38-,48-,49-,50-,51-,52-,53-,54-,58-,59-/m0/s1. The molecule has 0 aliphatic carbocycles. The van der Waals surface area contributed by atoms with Crippen molar-refractivity contribution in [2.75, 3.05) is 6.54 Å². The molecule has 0 unspecified atom stereocenters. The number of rotatable bonds is 41. The average Bonchev–Trinajstić information content (AvgIpc) is 1.69. The third kappa shape index (κ3) is 22.0. The molecule has 29 nitrogen and oxygen atoms in total. The number of aliphatic carboxylic acids is 3. The lowest BCUT2D eigenvalue weighted by molar-refractivity contribution is -0.144. The predicted molar refractivity (Wildman–Crippen MR) is 358 cm³/mol. The van der Waals surface area contributed by atoms with Crippen LogP contribution < -0.4 is 53.2 Å². The molecule has 522 valence electrons. The summed E-state index contributed by atoms with van der Waals surface area (Å²) in [6.07, 6.45) is 5.26. The number of fused-ring (bicyclic) bond motifs is 3. The van der Waals surface area contributed by atoms with Gasteiger partial charge in [-0.2, -0.15) is 0 Å². The van der Waals surface area contributed by atoms with Crippen LogP contribution >= 0.6 is 0 Å². The number of carbonyl (C=O) groups is 13. The van der Waals surface area contributed by atoms with Crippen molar-refractivity contribution in [3.8, 4) is 0 Å². The van der Waals surface area contributed by atoms with E-state index in [2.05, 4.69) is 68.1 Å². The number of amides is 10. The first kappa shape index (κ1) is 75.4. The molecule has 0 radical (unpaired) electrons. The van der Waals surface area contributed by atoms with Gasteiger partial charge in [0.05, 0.1) is 13.0 Å². The quantitative estimate of drug-likeness (QED) is 0.0245. The van der Waals surface area contributed by atoms with Gasteiger partial charge >= 0.3 is 17.9 Å². The highest BCUT2D eigenvalue weighted by molar-refractivity contribution is 6.00. The van der Waals surface area contributed by atoms with E-state index in [9.17, 15) is 77.6 Å². The molecule has 97 heavy (non-hydrogen) atoms. The Balaban J connectivity index is 1.23. The number of carboxylic acids is 3. The largest absolute Gasteiger partial charge is 0.481 e. The molecule has 0 fully saturated rings. The zero-order chi connectivity index (χ0) is 70.9. The van der Waals surface area contributed by atoms with Crippen molar-refractivity contribution in [1.29, 1.82) is 0 Å². The van der Waals surface area contributed by atoms with Gasteiger partial charge in [-0.25, -0.2) is 4.79 Å². The van der Waals surface area contributed by atoms with E-state index >= 15 is 0 Å². The molecular weight excluding hydrogens is 1250 g/mol. The maximum atomic E-state index is 14.7. The summed E-state index contributed by atoms with van der Waals surface area (Å²) in [5.41, 5.74) is 3.67. The van der Waals surface area contributed by atoms with Gasteiger partial charge in [-0.3, -0.25) is 57.5 Å². The minimum atomic E-state index is -2.03. The van der Waals surface area contributed by atoms with Gasteiger partial charge in [0.1, 0.15) is 54.4 Å². The molecule has 10 amide bonds. The molecule has 6 rings (SSSR count). The predicted octanol–water partition coefficient (Wildman–Crippen LogP) is 2.77. The summed E-state index contributed by atoms with van der Waals surface area (Å²) >= 11 is 0. The van der Waals surface area contributed by atoms with Gasteiger partial charge in [-0.15, -0.1) is 0 Å². The third-order valence-corrected chi connectivity index (χ3v) is 16.9. The summed E-state index contributed by atoms with van der Waals surface area (Å²) in [6.45, 7) is 9.61. The van der Waals surface area contributed by atoms with Gasteiger partial charge in [-0.05, 0) is 66.0 Å². The first-order valence-electron chi connectivity index (χ1n) is 32.6. The molecule has 16 N–H and O–H groups in total. The molecule has 3 aromatic heterocycles. The molecule has 0 spiro atoms. The summed E-state index contributed by atoms with van der Waals surface area (Å²) in [4.78, 5) is 186. The summed E-state index contributed by atoms with van der Waals surface area (Å²) in [5, 5.41) is 57.6. The molecule has 0 saturated carbocycles. The van der Waals surface area contributed by atoms with Crippen LogP contribution in [0.5, 0.6) is 0 Å². The van der Waals surface area contributed by atoms with E-state index in [1.165, 1.54) is 0 Å². The second-order valence-electron chi connectivity index (χ2n) is 24.4. The summed E-state index contributed by atoms with van der Waals surface area (Å²) in [5.74, 6) is -14.0. The van der Waals surface area contributed by atoms with Crippen molar-refractivity contribution in [2.24, 2.45) is 11.8 Å². The second-order valence-corrected chi connectivity index (χ2v) is 24.4. The van der Waals surface area contributed by atoms with Crippen molar-refractivity contribution in [3.63, 3.8) is 0 Å². The maximum absolute atomic E-state index is 14.7. The molecule has 3 aromatic carbocycles. The SMILES string of the molecule is CCCC[C@H](NC=O)C(=O)N[C@@H](CCCC)C(=O)N[C@@H](Cc1c[nH]c2ccccc12)C(=O)N[C@@H](CCC(=O)O)C(=O)N[C@@H](CC(=O)O)C(=O)N[C@@H](Cc1c[nH]c2ccccc12)C(=O)N[C@H](C(=O)NCC(=O)N[C@@H](Cc1c[nH]c2ccccc12)C(=O)N[C@H](C(=O)O)[C@@H](C)CC)C(C)C. The molecule has 0 saturated heterocycles. The lowest BCUT2D eigenvalue weighted by Crippen LogP contribution is -2.61. The first-order valence-corrected chi connectivity index (χ1v) is 32.6. The number of unbranched alkanes of at least 4 members (excludes halogenated alkanes) is 2. The Hall–Kier alpha value is -10.6. The number of aromatic amines is 3. The normalized spacial score (nSPS) is 14.4. The monoisotopic (exact) mass is 1340 g/mol. The van der Waals surface area contributed by atoms with Crippen LogP contribution in [0.1, 0.15) is 122 Å². The molecule has 0 aliphatic heterocycles. The van der Waals surface area contributed by atoms with E-state index in [1.54, 1.807) is 113 Å². The van der Waals surface area contributed by atoms with E-state index in [0.29, 0.717) is 77.0 Å². The van der Waals surface area contributed by atoms with Crippen LogP contribution in [0.2, 0.25) is 0 Å². The zero-order valence-electron chi connectivity index (χ0n) is 55.1. The average molecular weight is 1340 g/mol.